The number of piperidine rings is 1. The second-order valence-electron chi connectivity index (χ2n) is 5.36. The summed E-state index contributed by atoms with van der Waals surface area (Å²) in [6, 6.07) is 0. The lowest BCUT2D eigenvalue weighted by Gasteiger charge is -2.40. The maximum atomic E-state index is 12.7. The van der Waals surface area contributed by atoms with Crippen LogP contribution in [0.1, 0.15) is 40.0 Å². The minimum atomic E-state index is -0.963. The topological polar surface area (TPSA) is 99.2 Å². The Hall–Kier alpha value is -1.30. The number of nitrogens with zero attached hydrogens (tertiary/aromatic N) is 2. The molecule has 0 radical (unpaired) electrons. The van der Waals surface area contributed by atoms with E-state index in [0.29, 0.717) is 25.9 Å². The van der Waals surface area contributed by atoms with Crippen molar-refractivity contribution in [3.05, 3.63) is 0 Å². The summed E-state index contributed by atoms with van der Waals surface area (Å²) in [6.45, 7) is 6.60. The molecule has 19 heavy (non-hydrogen) atoms. The maximum absolute atomic E-state index is 12.7. The van der Waals surface area contributed by atoms with Gasteiger partial charge >= 0.3 is 0 Å². The summed E-state index contributed by atoms with van der Waals surface area (Å²) in [4.78, 5) is 14.3. The third kappa shape index (κ3) is 2.83. The average Bonchev–Trinajstić information content (AvgIpc) is 2.43. The normalized spacial score (nSPS) is 25.5. The fourth-order valence-corrected chi connectivity index (χ4v) is 2.66. The molecule has 1 fully saturated rings. The van der Waals surface area contributed by atoms with Gasteiger partial charge in [-0.05, 0) is 25.2 Å². The number of carbonyl (C=O) groups excluding carboxylic acids is 1. The second kappa shape index (κ2) is 6.23. The first-order valence-electron chi connectivity index (χ1n) is 6.88. The highest BCUT2D eigenvalue weighted by molar-refractivity contribution is 6.06. The molecule has 1 aliphatic heterocycles. The van der Waals surface area contributed by atoms with Gasteiger partial charge in [0.05, 0.1) is 6.10 Å². The molecule has 1 aliphatic rings. The number of amides is 1. The van der Waals surface area contributed by atoms with Crippen LogP contribution in [0.25, 0.3) is 0 Å². The summed E-state index contributed by atoms with van der Waals surface area (Å²) in [5, 5.41) is 21.9. The molecule has 1 amide bonds. The number of likely N-dealkylation sites (tertiary alicyclic amines) is 1. The molecular weight excluding hydrogens is 246 g/mol. The summed E-state index contributed by atoms with van der Waals surface area (Å²) < 4.78 is 0. The number of hydrogen-bond donors (Lipinski definition) is 3. The number of aliphatic hydroxyl groups is 1. The molecule has 4 N–H and O–H groups in total. The summed E-state index contributed by atoms with van der Waals surface area (Å²) in [6.07, 6.45) is 1.21. The number of β-amino-alcohol motifs (C(OH)–C–C–N with tert-alkyl or cyclic N) is 1. The second-order valence-corrected chi connectivity index (χ2v) is 5.36. The molecule has 0 spiro atoms. The number of hydrogen-bond acceptors (Lipinski definition) is 4. The van der Waals surface area contributed by atoms with E-state index in [1.807, 2.05) is 20.8 Å². The maximum Gasteiger partial charge on any atom is 0.236 e. The van der Waals surface area contributed by atoms with Gasteiger partial charge in [0.15, 0.2) is 5.84 Å². The van der Waals surface area contributed by atoms with E-state index in [1.165, 1.54) is 0 Å². The van der Waals surface area contributed by atoms with E-state index in [1.54, 1.807) is 4.90 Å². The molecule has 0 aromatic carbocycles. The number of rotatable bonds is 4. The molecule has 6 heteroatoms. The summed E-state index contributed by atoms with van der Waals surface area (Å²) in [5.74, 6) is -0.0000735. The van der Waals surface area contributed by atoms with Crippen LogP contribution in [0.2, 0.25) is 0 Å². The van der Waals surface area contributed by atoms with Crippen LogP contribution in [0.3, 0.4) is 0 Å². The van der Waals surface area contributed by atoms with E-state index < -0.39 is 11.5 Å². The monoisotopic (exact) mass is 271 g/mol. The molecule has 0 aromatic rings. The first-order chi connectivity index (χ1) is 8.92. The highest BCUT2D eigenvalue weighted by Gasteiger charge is 2.44. The summed E-state index contributed by atoms with van der Waals surface area (Å²) in [5.41, 5.74) is 4.77. The lowest BCUT2D eigenvalue weighted by molar-refractivity contribution is -0.143. The van der Waals surface area contributed by atoms with Gasteiger partial charge < -0.3 is 20.9 Å². The Kier molecular flexibility index (Phi) is 5.17. The van der Waals surface area contributed by atoms with Crippen molar-refractivity contribution >= 4 is 11.7 Å². The number of carbonyl (C=O) groups is 1. The molecule has 0 saturated carbocycles. The number of nitrogens with two attached hydrogens (primary N) is 1. The summed E-state index contributed by atoms with van der Waals surface area (Å²) >= 11 is 0. The molecule has 1 saturated heterocycles. The van der Waals surface area contributed by atoms with Gasteiger partial charge in [0, 0.05) is 13.1 Å². The zero-order valence-corrected chi connectivity index (χ0v) is 12.0. The van der Waals surface area contributed by atoms with Crippen molar-refractivity contribution in [2.24, 2.45) is 22.2 Å². The Balaban J connectivity index is 2.95. The number of oxime groups is 1. The zero-order chi connectivity index (χ0) is 14.6. The van der Waals surface area contributed by atoms with E-state index in [2.05, 4.69) is 5.16 Å². The zero-order valence-electron chi connectivity index (χ0n) is 12.0. The van der Waals surface area contributed by atoms with Gasteiger partial charge in [-0.1, -0.05) is 25.9 Å². The quantitative estimate of drug-likeness (QED) is 0.304. The van der Waals surface area contributed by atoms with Crippen LogP contribution in [0.15, 0.2) is 5.16 Å². The van der Waals surface area contributed by atoms with Crippen LogP contribution in [0.5, 0.6) is 0 Å². The molecule has 2 unspecified atom stereocenters. The lowest BCUT2D eigenvalue weighted by atomic mass is 9.79. The molecule has 0 aliphatic carbocycles. The molecule has 0 bridgehead atoms. The Labute approximate surface area is 114 Å². The van der Waals surface area contributed by atoms with E-state index in [0.717, 1.165) is 6.42 Å². The molecule has 1 heterocycles. The fourth-order valence-electron chi connectivity index (χ4n) is 2.66. The molecule has 110 valence electrons. The third-order valence-electron chi connectivity index (χ3n) is 4.42. The first kappa shape index (κ1) is 15.8. The molecule has 2 atom stereocenters. The van der Waals surface area contributed by atoms with E-state index in [4.69, 9.17) is 10.9 Å². The van der Waals surface area contributed by atoms with Crippen molar-refractivity contribution in [2.75, 3.05) is 13.1 Å². The highest BCUT2D eigenvalue weighted by Crippen LogP contribution is 2.31. The Morgan fingerprint density at radius 1 is 1.47 bits per heavy atom. The lowest BCUT2D eigenvalue weighted by Crippen LogP contribution is -2.55. The molecule has 0 aromatic heterocycles. The first-order valence-corrected chi connectivity index (χ1v) is 6.88. The van der Waals surface area contributed by atoms with Gasteiger partial charge in [0.1, 0.15) is 5.41 Å². The van der Waals surface area contributed by atoms with Crippen LogP contribution < -0.4 is 5.73 Å². The third-order valence-corrected chi connectivity index (χ3v) is 4.42. The van der Waals surface area contributed by atoms with Crippen molar-refractivity contribution in [1.29, 1.82) is 0 Å². The van der Waals surface area contributed by atoms with Crippen LogP contribution >= 0.6 is 0 Å². The van der Waals surface area contributed by atoms with E-state index >= 15 is 0 Å². The smallest absolute Gasteiger partial charge is 0.236 e. The SMILES string of the molecule is CCC(CC)(C(=O)N1CCC(C)C(O)C1)C(N)=NO. The minimum absolute atomic E-state index is 0.0457. The van der Waals surface area contributed by atoms with Gasteiger partial charge in [-0.3, -0.25) is 4.79 Å². The Morgan fingerprint density at radius 2 is 2.05 bits per heavy atom. The van der Waals surface area contributed by atoms with E-state index in [-0.39, 0.29) is 17.7 Å². The van der Waals surface area contributed by atoms with E-state index in [9.17, 15) is 9.90 Å². The van der Waals surface area contributed by atoms with Crippen molar-refractivity contribution in [3.63, 3.8) is 0 Å². The molecule has 1 rings (SSSR count). The largest absolute Gasteiger partial charge is 0.409 e. The van der Waals surface area contributed by atoms with Crippen molar-refractivity contribution in [1.82, 2.24) is 4.90 Å². The predicted molar refractivity (Wildman–Crippen MR) is 72.8 cm³/mol. The van der Waals surface area contributed by atoms with Gasteiger partial charge in [0.25, 0.3) is 0 Å². The standard InChI is InChI=1S/C13H25N3O3/c1-4-13(5-2,11(14)15-19)12(18)16-7-6-9(3)10(17)8-16/h9-10,17,19H,4-8H2,1-3H3,(H2,14,15). The Morgan fingerprint density at radius 3 is 2.47 bits per heavy atom. The van der Waals surface area contributed by atoms with Gasteiger partial charge in [0.2, 0.25) is 5.91 Å². The van der Waals surface area contributed by atoms with Crippen molar-refractivity contribution < 1.29 is 15.1 Å². The van der Waals surface area contributed by atoms with Crippen LogP contribution in [0.4, 0.5) is 0 Å². The highest BCUT2D eigenvalue weighted by atomic mass is 16.4. The van der Waals surface area contributed by atoms with Crippen LogP contribution in [-0.4, -0.2) is 46.1 Å². The fraction of sp³-hybridized carbons (Fsp3) is 0.846. The summed E-state index contributed by atoms with van der Waals surface area (Å²) in [7, 11) is 0. The Bertz CT molecular complexity index is 353. The van der Waals surface area contributed by atoms with Crippen LogP contribution in [0, 0.1) is 11.3 Å². The number of amidine groups is 1. The predicted octanol–water partition coefficient (Wildman–Crippen LogP) is 0.769. The molecular formula is C13H25N3O3. The molecule has 6 nitrogen and oxygen atoms in total. The van der Waals surface area contributed by atoms with Gasteiger partial charge in [-0.15, -0.1) is 0 Å². The van der Waals surface area contributed by atoms with Crippen molar-refractivity contribution in [2.45, 2.75) is 46.1 Å². The van der Waals surface area contributed by atoms with Crippen molar-refractivity contribution in [3.8, 4) is 0 Å². The number of aliphatic hydroxyl groups excluding tert-OH is 1. The van der Waals surface area contributed by atoms with Gasteiger partial charge in [-0.2, -0.15) is 0 Å². The van der Waals surface area contributed by atoms with Crippen LogP contribution in [-0.2, 0) is 4.79 Å². The van der Waals surface area contributed by atoms with Gasteiger partial charge in [-0.25, -0.2) is 0 Å². The minimum Gasteiger partial charge on any atom is -0.409 e. The average molecular weight is 271 g/mol.